The predicted octanol–water partition coefficient (Wildman–Crippen LogP) is 0.749. The largest absolute Gasteiger partial charge is 0.356 e. The molecule has 1 aromatic rings. The number of carbonyl (C=O) groups excluding carboxylic acids is 3. The third-order valence-electron chi connectivity index (χ3n) is 2.65. The van der Waals surface area contributed by atoms with Crippen molar-refractivity contribution in [3.05, 3.63) is 30.1 Å². The van der Waals surface area contributed by atoms with Crippen LogP contribution in [0.3, 0.4) is 0 Å². The molecule has 0 radical (unpaired) electrons. The number of anilines is 1. The maximum Gasteiger partial charge on any atom is 0.243 e. The number of nitrogens with zero attached hydrogens (tertiary/aromatic N) is 1. The van der Waals surface area contributed by atoms with Crippen LogP contribution in [0.2, 0.25) is 0 Å². The maximum absolute atomic E-state index is 12.7. The molecule has 0 heterocycles. The Labute approximate surface area is 122 Å². The molecule has 1 rings (SSSR count). The summed E-state index contributed by atoms with van der Waals surface area (Å²) in [6, 6.07) is 5.34. The first-order valence-electron chi connectivity index (χ1n) is 6.42. The van der Waals surface area contributed by atoms with Gasteiger partial charge >= 0.3 is 0 Å². The molecule has 0 saturated heterocycles. The quantitative estimate of drug-likeness (QED) is 0.813. The van der Waals surface area contributed by atoms with Crippen LogP contribution in [0.1, 0.15) is 13.3 Å². The highest BCUT2D eigenvalue weighted by molar-refractivity contribution is 5.94. The Balaban J connectivity index is 2.37. The lowest BCUT2D eigenvalue weighted by Gasteiger charge is -2.16. The minimum absolute atomic E-state index is 0.115. The van der Waals surface area contributed by atoms with Crippen molar-refractivity contribution in [2.75, 3.05) is 25.5 Å². The number of hydrogen-bond donors (Lipinski definition) is 2. The number of halogens is 1. The molecule has 0 aromatic heterocycles. The smallest absolute Gasteiger partial charge is 0.243 e. The zero-order chi connectivity index (χ0) is 15.8. The van der Waals surface area contributed by atoms with E-state index in [9.17, 15) is 18.8 Å². The fourth-order valence-corrected chi connectivity index (χ4v) is 1.57. The number of amides is 3. The molecule has 0 aliphatic heterocycles. The average molecular weight is 295 g/mol. The van der Waals surface area contributed by atoms with Gasteiger partial charge in [0.25, 0.3) is 0 Å². The Morgan fingerprint density at radius 1 is 1.19 bits per heavy atom. The van der Waals surface area contributed by atoms with Gasteiger partial charge in [-0.05, 0) is 24.3 Å². The highest BCUT2D eigenvalue weighted by atomic mass is 19.1. The SMILES string of the molecule is CC(=O)NCCC(=O)N(C)CC(=O)Nc1ccc(F)cc1. The van der Waals surface area contributed by atoms with Crippen molar-refractivity contribution in [2.24, 2.45) is 0 Å². The molecule has 0 aliphatic rings. The second-order valence-electron chi connectivity index (χ2n) is 4.54. The Morgan fingerprint density at radius 2 is 1.81 bits per heavy atom. The molecule has 0 bridgehead atoms. The van der Waals surface area contributed by atoms with Crippen LogP contribution < -0.4 is 10.6 Å². The third kappa shape index (κ3) is 6.51. The van der Waals surface area contributed by atoms with E-state index in [1.54, 1.807) is 0 Å². The first-order valence-corrected chi connectivity index (χ1v) is 6.42. The first-order chi connectivity index (χ1) is 9.88. The van der Waals surface area contributed by atoms with Crippen LogP contribution in [0, 0.1) is 5.82 Å². The number of carbonyl (C=O) groups is 3. The lowest BCUT2D eigenvalue weighted by molar-refractivity contribution is -0.133. The topological polar surface area (TPSA) is 78.5 Å². The summed E-state index contributed by atoms with van der Waals surface area (Å²) in [7, 11) is 1.50. The number of benzene rings is 1. The van der Waals surface area contributed by atoms with E-state index in [1.165, 1.54) is 43.1 Å². The molecule has 0 spiro atoms. The second-order valence-corrected chi connectivity index (χ2v) is 4.54. The van der Waals surface area contributed by atoms with E-state index in [0.717, 1.165) is 0 Å². The molecule has 1 aromatic carbocycles. The number of likely N-dealkylation sites (N-methyl/N-ethyl adjacent to an activating group) is 1. The van der Waals surface area contributed by atoms with Gasteiger partial charge in [0.05, 0.1) is 6.54 Å². The Morgan fingerprint density at radius 3 is 2.38 bits per heavy atom. The molecule has 0 unspecified atom stereocenters. The van der Waals surface area contributed by atoms with Crippen molar-refractivity contribution < 1.29 is 18.8 Å². The third-order valence-corrected chi connectivity index (χ3v) is 2.65. The van der Waals surface area contributed by atoms with Gasteiger partial charge in [-0.15, -0.1) is 0 Å². The van der Waals surface area contributed by atoms with Crippen molar-refractivity contribution in [1.29, 1.82) is 0 Å². The van der Waals surface area contributed by atoms with Crippen LogP contribution in [-0.2, 0) is 14.4 Å². The zero-order valence-electron chi connectivity index (χ0n) is 12.0. The lowest BCUT2D eigenvalue weighted by Crippen LogP contribution is -2.36. The van der Waals surface area contributed by atoms with Gasteiger partial charge in [-0.1, -0.05) is 0 Å². The first kappa shape index (κ1) is 16.6. The van der Waals surface area contributed by atoms with E-state index in [2.05, 4.69) is 10.6 Å². The summed E-state index contributed by atoms with van der Waals surface area (Å²) in [5.74, 6) is -1.23. The van der Waals surface area contributed by atoms with Crippen molar-refractivity contribution >= 4 is 23.4 Å². The van der Waals surface area contributed by atoms with Gasteiger partial charge in [0.1, 0.15) is 5.82 Å². The maximum atomic E-state index is 12.7. The highest BCUT2D eigenvalue weighted by Gasteiger charge is 2.12. The molecule has 0 atom stereocenters. The molecule has 6 nitrogen and oxygen atoms in total. The van der Waals surface area contributed by atoms with E-state index >= 15 is 0 Å². The molecule has 0 saturated carbocycles. The summed E-state index contributed by atoms with van der Waals surface area (Å²) < 4.78 is 12.7. The Hall–Kier alpha value is -2.44. The van der Waals surface area contributed by atoms with Crippen LogP contribution >= 0.6 is 0 Å². The Kier molecular flexibility index (Phi) is 6.32. The summed E-state index contributed by atoms with van der Waals surface area (Å²) in [5, 5.41) is 5.07. The minimum Gasteiger partial charge on any atom is -0.356 e. The number of rotatable bonds is 6. The number of nitrogens with one attached hydrogen (secondary N) is 2. The normalized spacial score (nSPS) is 9.86. The van der Waals surface area contributed by atoms with Crippen LogP contribution in [0.15, 0.2) is 24.3 Å². The van der Waals surface area contributed by atoms with Crippen LogP contribution in [0.25, 0.3) is 0 Å². The molecule has 2 N–H and O–H groups in total. The molecule has 114 valence electrons. The summed E-state index contributed by atoms with van der Waals surface area (Å²) >= 11 is 0. The molecule has 0 aliphatic carbocycles. The van der Waals surface area contributed by atoms with E-state index in [-0.39, 0.29) is 37.2 Å². The van der Waals surface area contributed by atoms with Gasteiger partial charge in [-0.2, -0.15) is 0 Å². The summed E-state index contributed by atoms with van der Waals surface area (Å²) in [6.07, 6.45) is 0.125. The standard InChI is InChI=1S/C14H18FN3O3/c1-10(19)16-8-7-14(21)18(2)9-13(20)17-12-5-3-11(15)4-6-12/h3-6H,7-9H2,1-2H3,(H,16,19)(H,17,20). The van der Waals surface area contributed by atoms with E-state index in [0.29, 0.717) is 5.69 Å². The predicted molar refractivity (Wildman–Crippen MR) is 76.0 cm³/mol. The second kappa shape index (κ2) is 7.98. The summed E-state index contributed by atoms with van der Waals surface area (Å²) in [5.41, 5.74) is 0.459. The van der Waals surface area contributed by atoms with E-state index in [4.69, 9.17) is 0 Å². The van der Waals surface area contributed by atoms with Gasteiger partial charge in [-0.25, -0.2) is 4.39 Å². The van der Waals surface area contributed by atoms with Crippen LogP contribution in [0.5, 0.6) is 0 Å². The van der Waals surface area contributed by atoms with Gasteiger partial charge in [0.15, 0.2) is 0 Å². The minimum atomic E-state index is -0.390. The molecule has 0 fully saturated rings. The average Bonchev–Trinajstić information content (AvgIpc) is 2.40. The summed E-state index contributed by atoms with van der Waals surface area (Å²) in [4.78, 5) is 35.4. The van der Waals surface area contributed by atoms with Crippen molar-refractivity contribution in [3.63, 3.8) is 0 Å². The van der Waals surface area contributed by atoms with Crippen LogP contribution in [0.4, 0.5) is 10.1 Å². The molecule has 21 heavy (non-hydrogen) atoms. The van der Waals surface area contributed by atoms with E-state index < -0.39 is 5.82 Å². The monoisotopic (exact) mass is 295 g/mol. The molecular weight excluding hydrogens is 277 g/mol. The molecular formula is C14H18FN3O3. The fraction of sp³-hybridized carbons (Fsp3) is 0.357. The molecule has 3 amide bonds. The van der Waals surface area contributed by atoms with Crippen LogP contribution in [-0.4, -0.2) is 42.8 Å². The number of hydrogen-bond acceptors (Lipinski definition) is 3. The lowest BCUT2D eigenvalue weighted by atomic mass is 10.3. The van der Waals surface area contributed by atoms with Crippen molar-refractivity contribution in [2.45, 2.75) is 13.3 Å². The van der Waals surface area contributed by atoms with Crippen molar-refractivity contribution in [1.82, 2.24) is 10.2 Å². The zero-order valence-corrected chi connectivity index (χ0v) is 12.0. The van der Waals surface area contributed by atoms with Gasteiger partial charge in [0, 0.05) is 32.6 Å². The molecule has 7 heteroatoms. The van der Waals surface area contributed by atoms with Crippen molar-refractivity contribution in [3.8, 4) is 0 Å². The van der Waals surface area contributed by atoms with Gasteiger partial charge < -0.3 is 15.5 Å². The fourth-order valence-electron chi connectivity index (χ4n) is 1.57. The summed E-state index contributed by atoms with van der Waals surface area (Å²) in [6.45, 7) is 1.48. The van der Waals surface area contributed by atoms with Gasteiger partial charge in [0.2, 0.25) is 17.7 Å². The van der Waals surface area contributed by atoms with E-state index in [1.807, 2.05) is 0 Å². The van der Waals surface area contributed by atoms with Gasteiger partial charge in [-0.3, -0.25) is 14.4 Å². The highest BCUT2D eigenvalue weighted by Crippen LogP contribution is 2.08. The Bertz CT molecular complexity index is 517.